The Labute approximate surface area is 91.9 Å². The Bertz CT molecular complexity index is 492. The highest BCUT2D eigenvalue weighted by molar-refractivity contribution is 6.33. The molecule has 0 aliphatic rings. The van der Waals surface area contributed by atoms with Gasteiger partial charge in [0.25, 0.3) is 0 Å². The van der Waals surface area contributed by atoms with E-state index in [0.717, 1.165) is 0 Å². The van der Waals surface area contributed by atoms with E-state index in [1.54, 1.807) is 6.07 Å². The normalized spacial score (nSPS) is 8.53. The second-order valence-electron chi connectivity index (χ2n) is 2.64. The minimum atomic E-state index is -1.07. The molecule has 1 aromatic rings. The van der Waals surface area contributed by atoms with Crippen molar-refractivity contribution in [3.8, 4) is 17.9 Å². The van der Waals surface area contributed by atoms with Gasteiger partial charge in [0.2, 0.25) is 0 Å². The van der Waals surface area contributed by atoms with Gasteiger partial charge in [-0.1, -0.05) is 23.4 Å². The molecule has 1 rings (SSSR count). The van der Waals surface area contributed by atoms with Gasteiger partial charge in [0.15, 0.2) is 0 Å². The van der Waals surface area contributed by atoms with Crippen molar-refractivity contribution in [3.63, 3.8) is 0 Å². The van der Waals surface area contributed by atoms with Crippen LogP contribution in [0.15, 0.2) is 18.2 Å². The molecular formula is C11H6ClNO2. The highest BCUT2D eigenvalue weighted by Gasteiger charge is 2.07. The minimum Gasteiger partial charge on any atom is -0.478 e. The van der Waals surface area contributed by atoms with E-state index in [1.165, 1.54) is 12.1 Å². The van der Waals surface area contributed by atoms with Crippen LogP contribution in [0.5, 0.6) is 0 Å². The first-order valence-electron chi connectivity index (χ1n) is 4.04. The predicted molar refractivity (Wildman–Crippen MR) is 55.5 cm³/mol. The highest BCUT2D eigenvalue weighted by Crippen LogP contribution is 2.17. The average molecular weight is 220 g/mol. The Morgan fingerprint density at radius 1 is 1.53 bits per heavy atom. The van der Waals surface area contributed by atoms with E-state index in [4.69, 9.17) is 22.0 Å². The number of rotatable bonds is 1. The lowest BCUT2D eigenvalue weighted by atomic mass is 10.1. The monoisotopic (exact) mass is 219 g/mol. The summed E-state index contributed by atoms with van der Waals surface area (Å²) in [7, 11) is 0. The smallest absolute Gasteiger partial charge is 0.337 e. The number of carbonyl (C=O) groups is 1. The van der Waals surface area contributed by atoms with Gasteiger partial charge in [0, 0.05) is 5.56 Å². The molecule has 0 radical (unpaired) electrons. The van der Waals surface area contributed by atoms with Crippen molar-refractivity contribution < 1.29 is 9.90 Å². The molecule has 74 valence electrons. The number of halogens is 1. The summed E-state index contributed by atoms with van der Waals surface area (Å²) in [6.07, 6.45) is 0.137. The van der Waals surface area contributed by atoms with Crippen LogP contribution < -0.4 is 0 Å². The first kappa shape index (κ1) is 11.1. The third-order valence-corrected chi connectivity index (χ3v) is 1.91. The maximum Gasteiger partial charge on any atom is 0.337 e. The SMILES string of the molecule is N#CCC#Cc1ccc(C(=O)O)c(Cl)c1. The van der Waals surface area contributed by atoms with Crippen molar-refractivity contribution in [2.45, 2.75) is 6.42 Å². The van der Waals surface area contributed by atoms with E-state index in [0.29, 0.717) is 5.56 Å². The molecule has 15 heavy (non-hydrogen) atoms. The largest absolute Gasteiger partial charge is 0.478 e. The molecule has 0 atom stereocenters. The van der Waals surface area contributed by atoms with Gasteiger partial charge in [-0.25, -0.2) is 4.79 Å². The Morgan fingerprint density at radius 2 is 2.27 bits per heavy atom. The first-order chi connectivity index (χ1) is 7.15. The highest BCUT2D eigenvalue weighted by atomic mass is 35.5. The van der Waals surface area contributed by atoms with E-state index in [9.17, 15) is 4.79 Å². The Kier molecular flexibility index (Phi) is 3.74. The standard InChI is InChI=1S/C11H6ClNO2/c12-10-7-8(3-1-2-6-13)4-5-9(10)11(14)15/h4-5,7H,2H2,(H,14,15). The van der Waals surface area contributed by atoms with E-state index >= 15 is 0 Å². The predicted octanol–water partition coefficient (Wildman–Crippen LogP) is 2.30. The quantitative estimate of drug-likeness (QED) is 0.738. The Morgan fingerprint density at radius 3 is 2.80 bits per heavy atom. The van der Waals surface area contributed by atoms with Crippen molar-refractivity contribution in [3.05, 3.63) is 34.3 Å². The number of carboxylic acids is 1. The van der Waals surface area contributed by atoms with Crippen LogP contribution in [0, 0.1) is 23.2 Å². The first-order valence-corrected chi connectivity index (χ1v) is 4.41. The van der Waals surface area contributed by atoms with Gasteiger partial charge in [-0.2, -0.15) is 5.26 Å². The summed E-state index contributed by atoms with van der Waals surface area (Å²) >= 11 is 5.72. The molecule has 0 saturated heterocycles. The molecule has 0 bridgehead atoms. The molecule has 1 N–H and O–H groups in total. The summed E-state index contributed by atoms with van der Waals surface area (Å²) in [5.74, 6) is 4.24. The zero-order valence-electron chi connectivity index (χ0n) is 7.62. The van der Waals surface area contributed by atoms with Gasteiger partial charge in [0.05, 0.1) is 23.1 Å². The molecule has 0 aliphatic heterocycles. The van der Waals surface area contributed by atoms with Crippen molar-refractivity contribution >= 4 is 17.6 Å². The molecule has 1 aromatic carbocycles. The van der Waals surface area contributed by atoms with Crippen LogP contribution in [0.25, 0.3) is 0 Å². The molecule has 0 spiro atoms. The third-order valence-electron chi connectivity index (χ3n) is 1.60. The van der Waals surface area contributed by atoms with Gasteiger partial charge < -0.3 is 5.11 Å². The van der Waals surface area contributed by atoms with Crippen molar-refractivity contribution in [1.82, 2.24) is 0 Å². The van der Waals surface area contributed by atoms with E-state index in [2.05, 4.69) is 11.8 Å². The molecule has 0 amide bonds. The lowest BCUT2D eigenvalue weighted by molar-refractivity contribution is 0.0697. The zero-order valence-corrected chi connectivity index (χ0v) is 8.38. The number of benzene rings is 1. The van der Waals surface area contributed by atoms with Crippen LogP contribution in [-0.4, -0.2) is 11.1 Å². The number of hydrogen-bond donors (Lipinski definition) is 1. The molecule has 0 heterocycles. The Hall–Kier alpha value is -1.97. The van der Waals surface area contributed by atoms with Crippen LogP contribution in [-0.2, 0) is 0 Å². The van der Waals surface area contributed by atoms with Crippen LogP contribution >= 0.6 is 11.6 Å². The molecule has 0 unspecified atom stereocenters. The minimum absolute atomic E-state index is 0.0440. The zero-order chi connectivity index (χ0) is 11.3. The average Bonchev–Trinajstić information content (AvgIpc) is 2.17. The number of nitrogens with zero attached hydrogens (tertiary/aromatic N) is 1. The summed E-state index contributed by atoms with van der Waals surface area (Å²) in [5, 5.41) is 17.1. The summed E-state index contributed by atoms with van der Waals surface area (Å²) in [6.45, 7) is 0. The van der Waals surface area contributed by atoms with Crippen LogP contribution in [0.3, 0.4) is 0 Å². The fourth-order valence-electron chi connectivity index (χ4n) is 0.952. The molecule has 0 fully saturated rings. The lowest BCUT2D eigenvalue weighted by Gasteiger charge is -1.98. The third kappa shape index (κ3) is 3.02. The second kappa shape index (κ2) is 5.05. The van der Waals surface area contributed by atoms with E-state index in [-0.39, 0.29) is 17.0 Å². The fourth-order valence-corrected chi connectivity index (χ4v) is 1.21. The van der Waals surface area contributed by atoms with Crippen molar-refractivity contribution in [1.29, 1.82) is 5.26 Å². The second-order valence-corrected chi connectivity index (χ2v) is 3.04. The van der Waals surface area contributed by atoms with Gasteiger partial charge in [-0.3, -0.25) is 0 Å². The molecular weight excluding hydrogens is 214 g/mol. The number of carboxylic acid groups (broad SMARTS) is 1. The maximum atomic E-state index is 10.6. The maximum absolute atomic E-state index is 10.6. The topological polar surface area (TPSA) is 61.1 Å². The molecule has 0 aromatic heterocycles. The Balaban J connectivity index is 2.99. The van der Waals surface area contributed by atoms with Crippen molar-refractivity contribution in [2.24, 2.45) is 0 Å². The lowest BCUT2D eigenvalue weighted by Crippen LogP contribution is -1.97. The summed E-state index contributed by atoms with van der Waals surface area (Å²) in [5.41, 5.74) is 0.641. The number of aromatic carboxylic acids is 1. The van der Waals surface area contributed by atoms with Crippen LogP contribution in [0.1, 0.15) is 22.3 Å². The van der Waals surface area contributed by atoms with Crippen molar-refractivity contribution in [2.75, 3.05) is 0 Å². The number of hydrogen-bond acceptors (Lipinski definition) is 2. The summed E-state index contributed by atoms with van der Waals surface area (Å²) in [6, 6.07) is 6.29. The fraction of sp³-hybridized carbons (Fsp3) is 0.0909. The summed E-state index contributed by atoms with van der Waals surface area (Å²) in [4.78, 5) is 10.6. The van der Waals surface area contributed by atoms with Gasteiger partial charge in [-0.05, 0) is 18.2 Å². The molecule has 0 aliphatic carbocycles. The van der Waals surface area contributed by atoms with Gasteiger partial charge in [0.1, 0.15) is 0 Å². The van der Waals surface area contributed by atoms with Gasteiger partial charge in [-0.15, -0.1) is 0 Å². The van der Waals surface area contributed by atoms with E-state index in [1.807, 2.05) is 6.07 Å². The number of nitriles is 1. The molecule has 0 saturated carbocycles. The summed E-state index contributed by atoms with van der Waals surface area (Å²) < 4.78 is 0. The van der Waals surface area contributed by atoms with E-state index < -0.39 is 5.97 Å². The molecule has 3 nitrogen and oxygen atoms in total. The van der Waals surface area contributed by atoms with Gasteiger partial charge >= 0.3 is 5.97 Å². The van der Waals surface area contributed by atoms with Crippen LogP contribution in [0.4, 0.5) is 0 Å². The molecule has 4 heteroatoms. The van der Waals surface area contributed by atoms with Crippen LogP contribution in [0.2, 0.25) is 5.02 Å².